The third-order valence-electron chi connectivity index (χ3n) is 3.65. The number of nitrogens with two attached hydrogens (primary N) is 1. The summed E-state index contributed by atoms with van der Waals surface area (Å²) in [5, 5.41) is 21.7. The van der Waals surface area contributed by atoms with Gasteiger partial charge in [-0.25, -0.2) is 0 Å². The number of rotatable bonds is 8. The number of esters is 1. The molecule has 2 rings (SSSR count). The van der Waals surface area contributed by atoms with E-state index in [1.54, 1.807) is 0 Å². The number of nitro benzene ring substituents is 2. The number of benzene rings is 2. The van der Waals surface area contributed by atoms with Crippen molar-refractivity contribution >= 4 is 17.3 Å². The van der Waals surface area contributed by atoms with Crippen LogP contribution in [0.4, 0.5) is 11.4 Å². The van der Waals surface area contributed by atoms with Crippen LogP contribution in [0.15, 0.2) is 48.5 Å². The van der Waals surface area contributed by atoms with Crippen molar-refractivity contribution in [3.05, 3.63) is 79.9 Å². The third-order valence-corrected chi connectivity index (χ3v) is 3.65. The standard InChI is InChI=1S/C17H17N3O6/c18-16(7-6-12-4-2-1-3-5-12)17(21)26-11-13-8-14(19(22)23)10-15(9-13)20(24)25/h1-5,8-10,16H,6-7,11,18H2/t16-/m0/s1. The molecule has 0 saturated carbocycles. The Kier molecular flexibility index (Phi) is 6.34. The van der Waals surface area contributed by atoms with Crippen LogP contribution in [0, 0.1) is 20.2 Å². The van der Waals surface area contributed by atoms with Crippen molar-refractivity contribution < 1.29 is 19.4 Å². The maximum absolute atomic E-state index is 12.0. The fourth-order valence-electron chi connectivity index (χ4n) is 2.30. The van der Waals surface area contributed by atoms with Crippen LogP contribution >= 0.6 is 0 Å². The number of aryl methyl sites for hydroxylation is 1. The molecule has 136 valence electrons. The Morgan fingerprint density at radius 1 is 1.00 bits per heavy atom. The predicted molar refractivity (Wildman–Crippen MR) is 92.3 cm³/mol. The molecular formula is C17H17N3O6. The van der Waals surface area contributed by atoms with Crippen LogP contribution < -0.4 is 5.73 Å². The normalized spacial score (nSPS) is 11.6. The van der Waals surface area contributed by atoms with Gasteiger partial charge < -0.3 is 10.5 Å². The number of nitrogens with zero attached hydrogens (tertiary/aromatic N) is 2. The Labute approximate surface area is 148 Å². The van der Waals surface area contributed by atoms with Crippen LogP contribution in [0.25, 0.3) is 0 Å². The molecule has 2 N–H and O–H groups in total. The summed E-state index contributed by atoms with van der Waals surface area (Å²) in [6, 6.07) is 11.7. The van der Waals surface area contributed by atoms with Gasteiger partial charge in [0.1, 0.15) is 12.6 Å². The summed E-state index contributed by atoms with van der Waals surface area (Å²) in [6.07, 6.45) is 0.970. The number of hydrogen-bond acceptors (Lipinski definition) is 7. The van der Waals surface area contributed by atoms with Crippen LogP contribution in [0.1, 0.15) is 17.5 Å². The molecule has 0 fully saturated rings. The molecule has 1 atom stereocenters. The molecule has 0 spiro atoms. The zero-order valence-corrected chi connectivity index (χ0v) is 13.7. The van der Waals surface area contributed by atoms with E-state index in [1.165, 1.54) is 0 Å². The smallest absolute Gasteiger partial charge is 0.323 e. The molecule has 0 bridgehead atoms. The van der Waals surface area contributed by atoms with Gasteiger partial charge in [0, 0.05) is 17.7 Å². The third kappa shape index (κ3) is 5.35. The van der Waals surface area contributed by atoms with Gasteiger partial charge in [-0.05, 0) is 18.4 Å². The minimum Gasteiger partial charge on any atom is -0.460 e. The average Bonchev–Trinajstić information content (AvgIpc) is 2.64. The van der Waals surface area contributed by atoms with Crippen molar-refractivity contribution in [3.63, 3.8) is 0 Å². The summed E-state index contributed by atoms with van der Waals surface area (Å²) in [5.41, 5.74) is 6.08. The maximum Gasteiger partial charge on any atom is 0.323 e. The van der Waals surface area contributed by atoms with Crippen molar-refractivity contribution in [2.75, 3.05) is 0 Å². The monoisotopic (exact) mass is 359 g/mol. The fourth-order valence-corrected chi connectivity index (χ4v) is 2.30. The van der Waals surface area contributed by atoms with Gasteiger partial charge in [-0.15, -0.1) is 0 Å². The van der Waals surface area contributed by atoms with E-state index in [-0.39, 0.29) is 12.2 Å². The quantitative estimate of drug-likeness (QED) is 0.434. The highest BCUT2D eigenvalue weighted by Crippen LogP contribution is 2.23. The first kappa shape index (κ1) is 19.0. The molecule has 0 heterocycles. The van der Waals surface area contributed by atoms with Crippen molar-refractivity contribution in [2.45, 2.75) is 25.5 Å². The molecule has 0 aliphatic carbocycles. The Hall–Kier alpha value is -3.33. The predicted octanol–water partition coefficient (Wildman–Crippen LogP) is 2.51. The number of hydrogen-bond donors (Lipinski definition) is 1. The SMILES string of the molecule is N[C@@H](CCc1ccccc1)C(=O)OCc1cc([N+](=O)[O-])cc([N+](=O)[O-])c1. The zero-order valence-electron chi connectivity index (χ0n) is 13.7. The van der Waals surface area contributed by atoms with E-state index in [0.717, 1.165) is 23.8 Å². The summed E-state index contributed by atoms with van der Waals surface area (Å²) in [4.78, 5) is 32.2. The van der Waals surface area contributed by atoms with E-state index in [0.29, 0.717) is 12.8 Å². The van der Waals surface area contributed by atoms with E-state index in [2.05, 4.69) is 0 Å². The molecule has 0 aromatic heterocycles. The van der Waals surface area contributed by atoms with Gasteiger partial charge in [-0.3, -0.25) is 25.0 Å². The van der Waals surface area contributed by atoms with Gasteiger partial charge in [-0.1, -0.05) is 30.3 Å². The van der Waals surface area contributed by atoms with E-state index in [9.17, 15) is 25.0 Å². The van der Waals surface area contributed by atoms with E-state index in [4.69, 9.17) is 10.5 Å². The van der Waals surface area contributed by atoms with Gasteiger partial charge in [0.2, 0.25) is 0 Å². The lowest BCUT2D eigenvalue weighted by atomic mass is 10.1. The number of nitro groups is 2. The zero-order chi connectivity index (χ0) is 19.1. The van der Waals surface area contributed by atoms with Crippen LogP contribution in [0.5, 0.6) is 0 Å². The molecule has 0 saturated heterocycles. The first-order valence-electron chi connectivity index (χ1n) is 7.75. The molecular weight excluding hydrogens is 342 g/mol. The minimum atomic E-state index is -0.858. The van der Waals surface area contributed by atoms with E-state index >= 15 is 0 Å². The molecule has 0 aliphatic heterocycles. The minimum absolute atomic E-state index is 0.148. The number of ether oxygens (including phenoxy) is 1. The largest absolute Gasteiger partial charge is 0.460 e. The highest BCUT2D eigenvalue weighted by Gasteiger charge is 2.19. The lowest BCUT2D eigenvalue weighted by Gasteiger charge is -2.11. The Balaban J connectivity index is 1.95. The molecule has 2 aromatic rings. The summed E-state index contributed by atoms with van der Waals surface area (Å²) >= 11 is 0. The van der Waals surface area contributed by atoms with Crippen LogP contribution in [0.2, 0.25) is 0 Å². The van der Waals surface area contributed by atoms with Crippen LogP contribution in [-0.4, -0.2) is 21.9 Å². The lowest BCUT2D eigenvalue weighted by molar-refractivity contribution is -0.394. The number of carbonyl (C=O) groups is 1. The van der Waals surface area contributed by atoms with E-state index in [1.807, 2.05) is 30.3 Å². The lowest BCUT2D eigenvalue weighted by Crippen LogP contribution is -2.32. The van der Waals surface area contributed by atoms with E-state index < -0.39 is 33.2 Å². The molecule has 26 heavy (non-hydrogen) atoms. The molecule has 2 aromatic carbocycles. The molecule has 0 amide bonds. The van der Waals surface area contributed by atoms with Crippen LogP contribution in [0.3, 0.4) is 0 Å². The second-order valence-corrected chi connectivity index (χ2v) is 5.61. The number of carbonyl (C=O) groups excluding carboxylic acids is 1. The molecule has 9 heteroatoms. The highest BCUT2D eigenvalue weighted by atomic mass is 16.6. The fraction of sp³-hybridized carbons (Fsp3) is 0.235. The topological polar surface area (TPSA) is 139 Å². The van der Waals surface area contributed by atoms with Crippen molar-refractivity contribution in [1.82, 2.24) is 0 Å². The second kappa shape index (κ2) is 8.67. The van der Waals surface area contributed by atoms with Crippen molar-refractivity contribution in [3.8, 4) is 0 Å². The van der Waals surface area contributed by atoms with Crippen molar-refractivity contribution in [2.24, 2.45) is 5.73 Å². The summed E-state index contributed by atoms with van der Waals surface area (Å²) in [6.45, 7) is -0.333. The highest BCUT2D eigenvalue weighted by molar-refractivity contribution is 5.75. The summed E-state index contributed by atoms with van der Waals surface area (Å²) < 4.78 is 5.04. The molecule has 0 unspecified atom stereocenters. The van der Waals surface area contributed by atoms with Gasteiger partial charge in [-0.2, -0.15) is 0 Å². The maximum atomic E-state index is 12.0. The second-order valence-electron chi connectivity index (χ2n) is 5.61. The summed E-state index contributed by atoms with van der Waals surface area (Å²) in [5.74, 6) is -0.671. The van der Waals surface area contributed by atoms with Gasteiger partial charge in [0.05, 0.1) is 15.9 Å². The van der Waals surface area contributed by atoms with Gasteiger partial charge in [0.25, 0.3) is 11.4 Å². The first-order valence-corrected chi connectivity index (χ1v) is 7.75. The molecule has 0 radical (unpaired) electrons. The Morgan fingerprint density at radius 3 is 2.12 bits per heavy atom. The Bertz CT molecular complexity index is 777. The van der Waals surface area contributed by atoms with Crippen LogP contribution in [-0.2, 0) is 22.6 Å². The van der Waals surface area contributed by atoms with Gasteiger partial charge >= 0.3 is 5.97 Å². The summed E-state index contributed by atoms with van der Waals surface area (Å²) in [7, 11) is 0. The first-order chi connectivity index (χ1) is 12.4. The average molecular weight is 359 g/mol. The van der Waals surface area contributed by atoms with Gasteiger partial charge in [0.15, 0.2) is 0 Å². The molecule has 9 nitrogen and oxygen atoms in total. The van der Waals surface area contributed by atoms with Crippen molar-refractivity contribution in [1.29, 1.82) is 0 Å². The Morgan fingerprint density at radius 2 is 1.58 bits per heavy atom. The molecule has 0 aliphatic rings. The number of non-ortho nitro benzene ring substituents is 2.